The fourth-order valence-corrected chi connectivity index (χ4v) is 5.36. The highest BCUT2D eigenvalue weighted by Crippen LogP contribution is 2.35. The average Bonchev–Trinajstić information content (AvgIpc) is 3.25. The van der Waals surface area contributed by atoms with Gasteiger partial charge in [-0.3, -0.25) is 14.1 Å². The molecule has 3 heterocycles. The monoisotopic (exact) mass is 415 g/mol. The lowest BCUT2D eigenvalue weighted by Gasteiger charge is -2.31. The minimum absolute atomic E-state index is 0.0288. The predicted octanol–water partition coefficient (Wildman–Crippen LogP) is 3.99. The van der Waals surface area contributed by atoms with Crippen LogP contribution in [-0.4, -0.2) is 28.5 Å². The van der Waals surface area contributed by atoms with Gasteiger partial charge in [0.05, 0.1) is 11.4 Å². The smallest absolute Gasteiger partial charge is 0.265 e. The molecule has 7 heteroatoms. The van der Waals surface area contributed by atoms with E-state index in [0.29, 0.717) is 0 Å². The molecular weight excluding hydrogens is 398 g/mol. The molecule has 0 saturated carbocycles. The SMILES string of the molecule is O=C1C(=Cc2cccc3[nH]ccc23)N(Cc2ccncc2)S(=O)(=O)c2ccccc21. The van der Waals surface area contributed by atoms with Gasteiger partial charge in [0.1, 0.15) is 5.70 Å². The summed E-state index contributed by atoms with van der Waals surface area (Å²) in [7, 11) is -3.91. The Bertz CT molecular complexity index is 1410. The van der Waals surface area contributed by atoms with Crippen molar-refractivity contribution in [1.29, 1.82) is 0 Å². The fourth-order valence-electron chi connectivity index (χ4n) is 3.72. The molecule has 4 aromatic rings. The van der Waals surface area contributed by atoms with Gasteiger partial charge in [0, 0.05) is 35.1 Å². The number of sulfonamides is 1. The molecule has 0 saturated heterocycles. The summed E-state index contributed by atoms with van der Waals surface area (Å²) < 4.78 is 28.2. The molecule has 1 aliphatic heterocycles. The summed E-state index contributed by atoms with van der Waals surface area (Å²) >= 11 is 0. The Labute approximate surface area is 173 Å². The maximum absolute atomic E-state index is 13.5. The number of nitrogens with one attached hydrogen (secondary N) is 1. The average molecular weight is 415 g/mol. The van der Waals surface area contributed by atoms with Crippen molar-refractivity contribution >= 4 is 32.8 Å². The van der Waals surface area contributed by atoms with Crippen molar-refractivity contribution in [2.24, 2.45) is 0 Å². The van der Waals surface area contributed by atoms with E-state index in [4.69, 9.17) is 0 Å². The fraction of sp³-hybridized carbons (Fsp3) is 0.0435. The van der Waals surface area contributed by atoms with Crippen LogP contribution < -0.4 is 0 Å². The zero-order chi connectivity index (χ0) is 20.7. The van der Waals surface area contributed by atoms with Gasteiger partial charge in [-0.1, -0.05) is 24.3 Å². The number of H-pyrrole nitrogens is 1. The Kier molecular flexibility index (Phi) is 4.25. The number of fused-ring (bicyclic) bond motifs is 2. The number of benzene rings is 2. The Morgan fingerprint density at radius 3 is 2.60 bits per heavy atom. The number of allylic oxidation sites excluding steroid dienone is 1. The second-order valence-electron chi connectivity index (χ2n) is 7.01. The Morgan fingerprint density at radius 1 is 0.967 bits per heavy atom. The number of aromatic nitrogens is 2. The summed E-state index contributed by atoms with van der Waals surface area (Å²) in [4.78, 5) is 20.5. The molecule has 30 heavy (non-hydrogen) atoms. The van der Waals surface area contributed by atoms with E-state index in [-0.39, 0.29) is 28.5 Å². The van der Waals surface area contributed by atoms with Crippen LogP contribution in [0.1, 0.15) is 21.5 Å². The van der Waals surface area contributed by atoms with Crippen molar-refractivity contribution in [1.82, 2.24) is 14.3 Å². The van der Waals surface area contributed by atoms with E-state index in [9.17, 15) is 13.2 Å². The topological polar surface area (TPSA) is 83.1 Å². The number of hydrogen-bond acceptors (Lipinski definition) is 4. The van der Waals surface area contributed by atoms with E-state index in [1.807, 2.05) is 30.5 Å². The van der Waals surface area contributed by atoms with Gasteiger partial charge in [-0.05, 0) is 53.6 Å². The highest BCUT2D eigenvalue weighted by Gasteiger charge is 2.39. The lowest BCUT2D eigenvalue weighted by molar-refractivity contribution is 0.100. The van der Waals surface area contributed by atoms with Gasteiger partial charge < -0.3 is 4.98 Å². The van der Waals surface area contributed by atoms with Crippen LogP contribution in [0.25, 0.3) is 17.0 Å². The molecule has 2 aromatic heterocycles. The van der Waals surface area contributed by atoms with Gasteiger partial charge in [0.2, 0.25) is 5.78 Å². The number of nitrogens with zero attached hydrogens (tertiary/aromatic N) is 2. The van der Waals surface area contributed by atoms with E-state index in [1.54, 1.807) is 48.8 Å². The molecule has 6 nitrogen and oxygen atoms in total. The highest BCUT2D eigenvalue weighted by atomic mass is 32.2. The lowest BCUT2D eigenvalue weighted by atomic mass is 10.0. The van der Waals surface area contributed by atoms with Crippen molar-refractivity contribution in [3.05, 3.63) is 102 Å². The van der Waals surface area contributed by atoms with Gasteiger partial charge in [0.15, 0.2) is 0 Å². The minimum Gasteiger partial charge on any atom is -0.361 e. The normalized spacial score (nSPS) is 16.7. The zero-order valence-electron chi connectivity index (χ0n) is 15.8. The molecule has 148 valence electrons. The number of pyridine rings is 1. The minimum atomic E-state index is -3.91. The van der Waals surface area contributed by atoms with Crippen LogP contribution in [0.5, 0.6) is 0 Å². The van der Waals surface area contributed by atoms with Gasteiger partial charge >= 0.3 is 0 Å². The number of aromatic amines is 1. The van der Waals surface area contributed by atoms with Gasteiger partial charge in [-0.15, -0.1) is 0 Å². The van der Waals surface area contributed by atoms with Crippen LogP contribution in [0.15, 0.2) is 89.8 Å². The van der Waals surface area contributed by atoms with Crippen molar-refractivity contribution in [2.45, 2.75) is 11.4 Å². The first kappa shape index (κ1) is 18.3. The van der Waals surface area contributed by atoms with Crippen LogP contribution in [0.3, 0.4) is 0 Å². The second-order valence-corrected chi connectivity index (χ2v) is 8.84. The third-order valence-corrected chi connectivity index (χ3v) is 7.02. The molecule has 0 amide bonds. The molecule has 1 aliphatic rings. The predicted molar refractivity (Wildman–Crippen MR) is 114 cm³/mol. The summed E-state index contributed by atoms with van der Waals surface area (Å²) in [6.45, 7) is 0.0415. The molecule has 0 atom stereocenters. The summed E-state index contributed by atoms with van der Waals surface area (Å²) in [6, 6.07) is 17.4. The van der Waals surface area contributed by atoms with E-state index in [1.165, 1.54) is 10.4 Å². The summed E-state index contributed by atoms with van der Waals surface area (Å²) in [5.74, 6) is -0.318. The van der Waals surface area contributed by atoms with Gasteiger partial charge in [-0.2, -0.15) is 0 Å². The molecule has 0 spiro atoms. The Morgan fingerprint density at radius 2 is 1.77 bits per heavy atom. The van der Waals surface area contributed by atoms with E-state index < -0.39 is 10.0 Å². The Hall–Kier alpha value is -3.71. The molecule has 0 unspecified atom stereocenters. The number of ketones is 1. The molecule has 2 aromatic carbocycles. The van der Waals surface area contributed by atoms with Crippen LogP contribution >= 0.6 is 0 Å². The molecule has 0 radical (unpaired) electrons. The molecular formula is C23H17N3O3S. The largest absolute Gasteiger partial charge is 0.361 e. The van der Waals surface area contributed by atoms with Gasteiger partial charge in [-0.25, -0.2) is 8.42 Å². The van der Waals surface area contributed by atoms with Crippen LogP contribution in [0, 0.1) is 0 Å². The zero-order valence-corrected chi connectivity index (χ0v) is 16.6. The molecule has 5 rings (SSSR count). The van der Waals surface area contributed by atoms with E-state index >= 15 is 0 Å². The lowest BCUT2D eigenvalue weighted by Crippen LogP contribution is -2.38. The number of hydrogen-bond donors (Lipinski definition) is 1. The number of carbonyl (C=O) groups is 1. The van der Waals surface area contributed by atoms with Crippen LogP contribution in [-0.2, 0) is 16.6 Å². The Balaban J connectivity index is 1.74. The van der Waals surface area contributed by atoms with E-state index in [0.717, 1.165) is 22.0 Å². The summed E-state index contributed by atoms with van der Waals surface area (Å²) in [5, 5.41) is 0.915. The molecule has 0 bridgehead atoms. The van der Waals surface area contributed by atoms with Crippen molar-refractivity contribution < 1.29 is 13.2 Å². The van der Waals surface area contributed by atoms with Crippen LogP contribution in [0.2, 0.25) is 0 Å². The van der Waals surface area contributed by atoms with Crippen molar-refractivity contribution in [2.75, 3.05) is 0 Å². The first-order chi connectivity index (χ1) is 14.6. The number of carbonyl (C=O) groups excluding carboxylic acids is 1. The highest BCUT2D eigenvalue weighted by molar-refractivity contribution is 7.89. The number of rotatable bonds is 3. The first-order valence-corrected chi connectivity index (χ1v) is 10.8. The molecule has 0 aliphatic carbocycles. The maximum Gasteiger partial charge on any atom is 0.265 e. The first-order valence-electron chi connectivity index (χ1n) is 9.39. The van der Waals surface area contributed by atoms with Crippen molar-refractivity contribution in [3.8, 4) is 0 Å². The van der Waals surface area contributed by atoms with E-state index in [2.05, 4.69) is 9.97 Å². The third kappa shape index (κ3) is 2.91. The molecule has 0 fully saturated rings. The maximum atomic E-state index is 13.5. The summed E-state index contributed by atoms with van der Waals surface area (Å²) in [5.41, 5.74) is 2.74. The summed E-state index contributed by atoms with van der Waals surface area (Å²) in [6.07, 6.45) is 6.68. The van der Waals surface area contributed by atoms with Crippen LogP contribution in [0.4, 0.5) is 0 Å². The molecule has 1 N–H and O–H groups in total. The standard InChI is InChI=1S/C23H17N3O3S/c27-23-19-5-1-2-7-22(19)30(28,29)26(15-16-8-11-24-12-9-16)21(23)14-17-4-3-6-20-18(17)10-13-25-20/h1-14,25H,15H2. The van der Waals surface area contributed by atoms with Crippen molar-refractivity contribution in [3.63, 3.8) is 0 Å². The quantitative estimate of drug-likeness (QED) is 0.513. The van der Waals surface area contributed by atoms with Gasteiger partial charge in [0.25, 0.3) is 10.0 Å². The second kappa shape index (κ2) is 6.96. The third-order valence-electron chi connectivity index (χ3n) is 5.20. The number of Topliss-reactive ketones (excluding diaryl/α,β-unsaturated/α-hetero) is 1.